The summed E-state index contributed by atoms with van der Waals surface area (Å²) >= 11 is 15.7. The first kappa shape index (κ1) is 22.7. The van der Waals surface area contributed by atoms with Crippen LogP contribution in [0.5, 0.6) is 0 Å². The molecule has 2 rings (SSSR count). The number of nitrogens with one attached hydrogen (secondary N) is 1. The van der Waals surface area contributed by atoms with Gasteiger partial charge in [0.15, 0.2) is 5.78 Å². The normalized spacial score (nSPS) is 12.8. The predicted octanol–water partition coefficient (Wildman–Crippen LogP) is 7.91. The Morgan fingerprint density at radius 2 is 1.52 bits per heavy atom. The van der Waals surface area contributed by atoms with Gasteiger partial charge < -0.3 is 14.4 Å². The van der Waals surface area contributed by atoms with Gasteiger partial charge in [-0.1, -0.05) is 65.1 Å². The van der Waals surface area contributed by atoms with E-state index in [0.717, 1.165) is 22.9 Å². The molecular formula is C19H23BrCl2NO3P. The van der Waals surface area contributed by atoms with E-state index in [2.05, 4.69) is 21.2 Å². The highest BCUT2D eigenvalue weighted by Gasteiger charge is 2.37. The summed E-state index contributed by atoms with van der Waals surface area (Å²) < 4.78 is 26.1. The summed E-state index contributed by atoms with van der Waals surface area (Å²) in [6.07, 6.45) is 1.46. The van der Waals surface area contributed by atoms with Gasteiger partial charge in [0.1, 0.15) is 0 Å². The lowest BCUT2D eigenvalue weighted by atomic mass is 10.2. The average molecular weight is 495 g/mol. The van der Waals surface area contributed by atoms with E-state index in [9.17, 15) is 4.57 Å². The van der Waals surface area contributed by atoms with Crippen LogP contribution in [0.25, 0.3) is 0 Å². The maximum atomic E-state index is 13.7. The van der Waals surface area contributed by atoms with Crippen molar-refractivity contribution in [1.82, 2.24) is 0 Å². The number of hydrogen-bond acceptors (Lipinski definition) is 4. The van der Waals surface area contributed by atoms with Crippen LogP contribution in [-0.2, 0) is 13.6 Å². The zero-order valence-electron chi connectivity index (χ0n) is 15.3. The Hall–Kier alpha value is -0.550. The molecule has 27 heavy (non-hydrogen) atoms. The lowest BCUT2D eigenvalue weighted by Gasteiger charge is -2.29. The van der Waals surface area contributed by atoms with E-state index in [1.165, 1.54) is 0 Å². The average Bonchev–Trinajstić information content (AvgIpc) is 2.63. The molecule has 2 aromatic carbocycles. The van der Waals surface area contributed by atoms with Gasteiger partial charge in [-0.2, -0.15) is 0 Å². The Bertz CT molecular complexity index is 757. The highest BCUT2D eigenvalue weighted by molar-refractivity contribution is 9.10. The van der Waals surface area contributed by atoms with Gasteiger partial charge in [-0.05, 0) is 48.7 Å². The van der Waals surface area contributed by atoms with Crippen molar-refractivity contribution < 1.29 is 13.6 Å². The van der Waals surface area contributed by atoms with Crippen molar-refractivity contribution in [1.29, 1.82) is 0 Å². The summed E-state index contributed by atoms with van der Waals surface area (Å²) in [5, 5.41) is 4.23. The topological polar surface area (TPSA) is 47.6 Å². The van der Waals surface area contributed by atoms with Crippen LogP contribution in [0.4, 0.5) is 5.69 Å². The fraction of sp³-hybridized carbons (Fsp3) is 0.368. The summed E-state index contributed by atoms with van der Waals surface area (Å²) in [7, 11) is -3.51. The minimum Gasteiger partial charge on any atom is -0.368 e. The van der Waals surface area contributed by atoms with Crippen molar-refractivity contribution in [3.8, 4) is 0 Å². The maximum absolute atomic E-state index is 13.7. The highest BCUT2D eigenvalue weighted by atomic mass is 79.9. The summed E-state index contributed by atoms with van der Waals surface area (Å²) in [6.45, 7) is 4.60. The third-order valence-electron chi connectivity index (χ3n) is 3.62. The van der Waals surface area contributed by atoms with Crippen LogP contribution >= 0.6 is 46.7 Å². The van der Waals surface area contributed by atoms with Gasteiger partial charge >= 0.3 is 7.60 Å². The molecule has 0 spiro atoms. The van der Waals surface area contributed by atoms with Crippen LogP contribution in [0.3, 0.4) is 0 Å². The van der Waals surface area contributed by atoms with Gasteiger partial charge in [0.05, 0.1) is 13.2 Å². The zero-order valence-corrected chi connectivity index (χ0v) is 19.2. The molecule has 0 aromatic heterocycles. The fourth-order valence-electron chi connectivity index (χ4n) is 2.41. The molecule has 0 bridgehead atoms. The smallest absolute Gasteiger partial charge is 0.357 e. The quantitative estimate of drug-likeness (QED) is 0.341. The van der Waals surface area contributed by atoms with Crippen LogP contribution in [0.2, 0.25) is 10.0 Å². The number of halogens is 3. The Kier molecular flexibility index (Phi) is 9.13. The Morgan fingerprint density at radius 1 is 1.00 bits per heavy atom. The third kappa shape index (κ3) is 6.77. The standard InChI is InChI=1S/C19H23BrCl2NO3P/c1-3-9-25-27(24,26-10-4-2)19(14-5-7-15(20)8-6-14)23-18-12-16(21)11-17(22)13-18/h5-8,11-13,19,23H,3-4,9-10H2,1-2H3/t19-/m0/s1. The molecule has 1 atom stereocenters. The molecule has 0 amide bonds. The second-order valence-electron chi connectivity index (χ2n) is 5.96. The molecule has 0 saturated carbocycles. The van der Waals surface area contributed by atoms with Crippen molar-refractivity contribution in [3.63, 3.8) is 0 Å². The van der Waals surface area contributed by atoms with E-state index in [-0.39, 0.29) is 0 Å². The molecule has 0 aliphatic carbocycles. The van der Waals surface area contributed by atoms with E-state index in [1.807, 2.05) is 38.1 Å². The molecule has 0 saturated heterocycles. The van der Waals surface area contributed by atoms with E-state index in [0.29, 0.717) is 28.9 Å². The molecular weight excluding hydrogens is 472 g/mol. The molecule has 0 heterocycles. The Labute approximate surface area is 179 Å². The highest BCUT2D eigenvalue weighted by Crippen LogP contribution is 2.61. The van der Waals surface area contributed by atoms with E-state index in [4.69, 9.17) is 32.2 Å². The van der Waals surface area contributed by atoms with Crippen LogP contribution in [0, 0.1) is 0 Å². The van der Waals surface area contributed by atoms with Crippen molar-refractivity contribution in [2.75, 3.05) is 18.5 Å². The van der Waals surface area contributed by atoms with Crippen LogP contribution in [0.15, 0.2) is 46.9 Å². The van der Waals surface area contributed by atoms with Crippen molar-refractivity contribution in [2.45, 2.75) is 32.5 Å². The minimum atomic E-state index is -3.51. The SMILES string of the molecule is CCCOP(=O)(OCCC)[C@H](Nc1cc(Cl)cc(Cl)c1)c1ccc(Br)cc1. The van der Waals surface area contributed by atoms with Crippen molar-refractivity contribution >= 4 is 52.4 Å². The molecule has 0 aliphatic heterocycles. The lowest BCUT2D eigenvalue weighted by molar-refractivity contribution is 0.199. The fourth-order valence-corrected chi connectivity index (χ4v) is 5.29. The summed E-state index contributed by atoms with van der Waals surface area (Å²) in [6, 6.07) is 12.6. The molecule has 0 radical (unpaired) electrons. The molecule has 0 fully saturated rings. The van der Waals surface area contributed by atoms with E-state index < -0.39 is 13.4 Å². The number of rotatable bonds is 10. The molecule has 4 nitrogen and oxygen atoms in total. The van der Waals surface area contributed by atoms with Crippen molar-refractivity contribution in [2.24, 2.45) is 0 Å². The van der Waals surface area contributed by atoms with Crippen LogP contribution < -0.4 is 5.32 Å². The molecule has 1 N–H and O–H groups in total. The summed E-state index contributed by atoms with van der Waals surface area (Å²) in [4.78, 5) is 0. The summed E-state index contributed by atoms with van der Waals surface area (Å²) in [5.74, 6) is -0.696. The first-order chi connectivity index (χ1) is 12.9. The largest absolute Gasteiger partial charge is 0.368 e. The van der Waals surface area contributed by atoms with Crippen LogP contribution in [-0.4, -0.2) is 13.2 Å². The molecule has 0 aliphatic rings. The minimum absolute atomic E-state index is 0.339. The zero-order chi connectivity index (χ0) is 19.9. The first-order valence-corrected chi connectivity index (χ1v) is 11.9. The lowest BCUT2D eigenvalue weighted by Crippen LogP contribution is -2.16. The van der Waals surface area contributed by atoms with Crippen LogP contribution in [0.1, 0.15) is 38.0 Å². The van der Waals surface area contributed by atoms with E-state index in [1.54, 1.807) is 18.2 Å². The van der Waals surface area contributed by atoms with Gasteiger partial charge in [0, 0.05) is 20.2 Å². The van der Waals surface area contributed by atoms with Gasteiger partial charge in [0.2, 0.25) is 0 Å². The Balaban J connectivity index is 2.45. The number of hydrogen-bond donors (Lipinski definition) is 1. The molecule has 2 aromatic rings. The first-order valence-electron chi connectivity index (χ1n) is 8.75. The van der Waals surface area contributed by atoms with Gasteiger partial charge in [-0.15, -0.1) is 0 Å². The number of benzene rings is 2. The summed E-state index contributed by atoms with van der Waals surface area (Å²) in [5.41, 5.74) is 1.42. The maximum Gasteiger partial charge on any atom is 0.357 e. The second-order valence-corrected chi connectivity index (χ2v) is 9.86. The van der Waals surface area contributed by atoms with E-state index >= 15 is 0 Å². The monoisotopic (exact) mass is 493 g/mol. The van der Waals surface area contributed by atoms with Crippen molar-refractivity contribution in [3.05, 3.63) is 62.5 Å². The predicted molar refractivity (Wildman–Crippen MR) is 117 cm³/mol. The molecule has 148 valence electrons. The van der Waals surface area contributed by atoms with Gasteiger partial charge in [-0.3, -0.25) is 4.57 Å². The molecule has 8 heteroatoms. The number of anilines is 1. The third-order valence-corrected chi connectivity index (χ3v) is 6.73. The molecule has 0 unspecified atom stereocenters. The second kappa shape index (κ2) is 10.8. The Morgan fingerprint density at radius 3 is 2.00 bits per heavy atom. The van der Waals surface area contributed by atoms with Gasteiger partial charge in [-0.25, -0.2) is 0 Å². The van der Waals surface area contributed by atoms with Gasteiger partial charge in [0.25, 0.3) is 0 Å².